The smallest absolute Gasteiger partial charge is 0.231 e. The first kappa shape index (κ1) is 14.1. The minimum absolute atomic E-state index is 0.0889. The molecule has 0 atom stereocenters. The molecule has 1 aliphatic rings. The molecule has 2 rings (SSSR count). The maximum Gasteiger partial charge on any atom is 0.231 e. The maximum atomic E-state index is 12.6. The molecule has 1 aromatic rings. The summed E-state index contributed by atoms with van der Waals surface area (Å²) in [6.07, 6.45) is 3.50. The van der Waals surface area contributed by atoms with Gasteiger partial charge < -0.3 is 10.4 Å². The molecule has 0 spiro atoms. The second-order valence-corrected chi connectivity index (χ2v) is 6.11. The predicted molar refractivity (Wildman–Crippen MR) is 75.9 cm³/mol. The Morgan fingerprint density at radius 3 is 2.42 bits per heavy atom. The zero-order chi connectivity index (χ0) is 13.9. The summed E-state index contributed by atoms with van der Waals surface area (Å²) in [6.45, 7) is 4.00. The summed E-state index contributed by atoms with van der Waals surface area (Å²) in [5.74, 6) is 0.100. The van der Waals surface area contributed by atoms with Crippen LogP contribution < -0.4 is 5.32 Å². The number of aliphatic hydroxyl groups excluding tert-OH is 1. The predicted octanol–water partition coefficient (Wildman–Crippen LogP) is 2.39. The van der Waals surface area contributed by atoms with Gasteiger partial charge in [-0.3, -0.25) is 4.79 Å². The molecule has 0 heterocycles. The van der Waals surface area contributed by atoms with E-state index in [0.29, 0.717) is 6.42 Å². The number of carbonyl (C=O) groups is 1. The lowest BCUT2D eigenvalue weighted by molar-refractivity contribution is -0.131. The highest BCUT2D eigenvalue weighted by Crippen LogP contribution is 2.44. The molecular weight excluding hydrogens is 238 g/mol. The Morgan fingerprint density at radius 1 is 1.32 bits per heavy atom. The normalized spacial score (nSPS) is 17.6. The van der Waals surface area contributed by atoms with E-state index < -0.39 is 0 Å². The van der Waals surface area contributed by atoms with Crippen LogP contribution in [-0.2, 0) is 10.2 Å². The molecule has 0 radical (unpaired) electrons. The van der Waals surface area contributed by atoms with Crippen molar-refractivity contribution in [1.82, 2.24) is 5.32 Å². The Balaban J connectivity index is 2.16. The highest BCUT2D eigenvalue weighted by Gasteiger charge is 2.46. The van der Waals surface area contributed by atoms with Gasteiger partial charge in [0.15, 0.2) is 0 Å². The van der Waals surface area contributed by atoms with E-state index in [1.165, 1.54) is 0 Å². The quantitative estimate of drug-likeness (QED) is 0.855. The summed E-state index contributed by atoms with van der Waals surface area (Å²) in [7, 11) is 0. The van der Waals surface area contributed by atoms with E-state index in [4.69, 9.17) is 5.11 Å². The topological polar surface area (TPSA) is 49.3 Å². The van der Waals surface area contributed by atoms with E-state index in [1.54, 1.807) is 0 Å². The molecule has 1 aromatic carbocycles. The second-order valence-electron chi connectivity index (χ2n) is 6.11. The summed E-state index contributed by atoms with van der Waals surface area (Å²) in [5, 5.41) is 12.2. The van der Waals surface area contributed by atoms with Gasteiger partial charge in [-0.1, -0.05) is 36.8 Å². The van der Waals surface area contributed by atoms with Gasteiger partial charge in [0, 0.05) is 12.1 Å². The minimum Gasteiger partial charge on any atom is -0.396 e. The number of benzene rings is 1. The van der Waals surface area contributed by atoms with Crippen LogP contribution in [0.15, 0.2) is 30.3 Å². The lowest BCUT2D eigenvalue weighted by Crippen LogP contribution is -2.55. The standard InChI is InChI=1S/C16H23NO2/c1-15(2,11-12-18)17-14(19)16(9-6-10-16)13-7-4-3-5-8-13/h3-5,7-8,18H,6,9-12H2,1-2H3,(H,17,19). The molecule has 3 nitrogen and oxygen atoms in total. The molecule has 2 N–H and O–H groups in total. The van der Waals surface area contributed by atoms with E-state index in [9.17, 15) is 4.79 Å². The van der Waals surface area contributed by atoms with Gasteiger partial charge >= 0.3 is 0 Å². The van der Waals surface area contributed by atoms with Crippen LogP contribution in [0.5, 0.6) is 0 Å². The fourth-order valence-corrected chi connectivity index (χ4v) is 2.70. The number of hydrogen-bond donors (Lipinski definition) is 2. The molecule has 19 heavy (non-hydrogen) atoms. The number of rotatable bonds is 5. The number of carbonyl (C=O) groups excluding carboxylic acids is 1. The molecule has 3 heteroatoms. The van der Waals surface area contributed by atoms with Crippen molar-refractivity contribution in [2.24, 2.45) is 0 Å². The van der Waals surface area contributed by atoms with E-state index in [1.807, 2.05) is 44.2 Å². The molecule has 104 valence electrons. The van der Waals surface area contributed by atoms with Gasteiger partial charge in [-0.05, 0) is 38.7 Å². The van der Waals surface area contributed by atoms with Crippen LogP contribution in [0.25, 0.3) is 0 Å². The highest BCUT2D eigenvalue weighted by molar-refractivity contribution is 5.89. The van der Waals surface area contributed by atoms with E-state index in [-0.39, 0.29) is 23.5 Å². The zero-order valence-corrected chi connectivity index (χ0v) is 11.8. The average Bonchev–Trinajstić information content (AvgIpc) is 2.27. The van der Waals surface area contributed by atoms with Crippen molar-refractivity contribution in [2.45, 2.75) is 50.5 Å². The second kappa shape index (κ2) is 5.33. The summed E-state index contributed by atoms with van der Waals surface area (Å²) < 4.78 is 0. The molecule has 1 amide bonds. The van der Waals surface area contributed by atoms with Crippen molar-refractivity contribution in [1.29, 1.82) is 0 Å². The Hall–Kier alpha value is -1.35. The summed E-state index contributed by atoms with van der Waals surface area (Å²) in [5.41, 5.74) is 0.399. The van der Waals surface area contributed by atoms with Crippen molar-refractivity contribution in [2.75, 3.05) is 6.61 Å². The number of amides is 1. The molecule has 0 bridgehead atoms. The Kier molecular flexibility index (Phi) is 3.95. The largest absolute Gasteiger partial charge is 0.396 e. The molecule has 1 fully saturated rings. The summed E-state index contributed by atoms with van der Waals surface area (Å²) >= 11 is 0. The summed E-state index contributed by atoms with van der Waals surface area (Å²) in [6, 6.07) is 10.0. The van der Waals surface area contributed by atoms with Crippen molar-refractivity contribution < 1.29 is 9.90 Å². The molecule has 0 aromatic heterocycles. The van der Waals surface area contributed by atoms with Gasteiger partial charge in [0.2, 0.25) is 5.91 Å². The van der Waals surface area contributed by atoms with Gasteiger partial charge in [-0.15, -0.1) is 0 Å². The maximum absolute atomic E-state index is 12.6. The fraction of sp³-hybridized carbons (Fsp3) is 0.562. The fourth-order valence-electron chi connectivity index (χ4n) is 2.70. The molecular formula is C16H23NO2. The monoisotopic (exact) mass is 261 g/mol. The third-order valence-electron chi connectivity index (χ3n) is 4.16. The zero-order valence-electron chi connectivity index (χ0n) is 11.8. The van der Waals surface area contributed by atoms with Crippen LogP contribution in [0.3, 0.4) is 0 Å². The molecule has 0 saturated heterocycles. The number of hydrogen-bond acceptors (Lipinski definition) is 2. The molecule has 0 unspecified atom stereocenters. The van der Waals surface area contributed by atoms with Gasteiger partial charge in [-0.2, -0.15) is 0 Å². The van der Waals surface area contributed by atoms with Gasteiger partial charge in [-0.25, -0.2) is 0 Å². The van der Waals surface area contributed by atoms with Crippen LogP contribution in [0.1, 0.15) is 45.1 Å². The Bertz CT molecular complexity index is 435. The lowest BCUT2D eigenvalue weighted by atomic mass is 9.63. The van der Waals surface area contributed by atoms with Crippen LogP contribution in [0.4, 0.5) is 0 Å². The SMILES string of the molecule is CC(C)(CCO)NC(=O)C1(c2ccccc2)CCC1. The van der Waals surface area contributed by atoms with E-state index in [2.05, 4.69) is 5.32 Å². The summed E-state index contributed by atoms with van der Waals surface area (Å²) in [4.78, 5) is 12.6. The Labute approximate surface area is 115 Å². The van der Waals surface area contributed by atoms with Crippen LogP contribution in [-0.4, -0.2) is 23.2 Å². The average molecular weight is 261 g/mol. The third kappa shape index (κ3) is 2.81. The lowest BCUT2D eigenvalue weighted by Gasteiger charge is -2.43. The van der Waals surface area contributed by atoms with Crippen LogP contribution in [0, 0.1) is 0 Å². The van der Waals surface area contributed by atoms with Crippen molar-refractivity contribution in [3.8, 4) is 0 Å². The van der Waals surface area contributed by atoms with Crippen molar-refractivity contribution in [3.05, 3.63) is 35.9 Å². The van der Waals surface area contributed by atoms with Gasteiger partial charge in [0.1, 0.15) is 0 Å². The first-order valence-electron chi connectivity index (χ1n) is 6.99. The van der Waals surface area contributed by atoms with Crippen LogP contribution in [0.2, 0.25) is 0 Å². The number of nitrogens with one attached hydrogen (secondary N) is 1. The minimum atomic E-state index is -0.358. The molecule has 1 saturated carbocycles. The van der Waals surface area contributed by atoms with Gasteiger partial charge in [0.25, 0.3) is 0 Å². The number of aliphatic hydroxyl groups is 1. The third-order valence-corrected chi connectivity index (χ3v) is 4.16. The molecule has 1 aliphatic carbocycles. The molecule has 0 aliphatic heterocycles. The Morgan fingerprint density at radius 2 is 1.95 bits per heavy atom. The first-order valence-corrected chi connectivity index (χ1v) is 6.99. The van der Waals surface area contributed by atoms with Crippen molar-refractivity contribution >= 4 is 5.91 Å². The highest BCUT2D eigenvalue weighted by atomic mass is 16.3. The van der Waals surface area contributed by atoms with Crippen LogP contribution >= 0.6 is 0 Å². The first-order chi connectivity index (χ1) is 9.00. The van der Waals surface area contributed by atoms with E-state index >= 15 is 0 Å². The van der Waals surface area contributed by atoms with E-state index in [0.717, 1.165) is 24.8 Å². The van der Waals surface area contributed by atoms with Gasteiger partial charge in [0.05, 0.1) is 5.41 Å². The van der Waals surface area contributed by atoms with Crippen molar-refractivity contribution in [3.63, 3.8) is 0 Å².